The standard InChI is InChI=1S/C25H31FN4O2/c26-20-3-1-2-4-21(20)30-22(27-28-24(30)32)12-16-5-7-29(8-6-16)23(31)25-13-17-9-18(14-25)11-19(10-17)15-25/h1-4,16-19H,5-15H2,(H,28,32). The van der Waals surface area contributed by atoms with E-state index >= 15 is 0 Å². The summed E-state index contributed by atoms with van der Waals surface area (Å²) in [6.07, 6.45) is 9.78. The molecule has 2 heterocycles. The second-order valence-corrected chi connectivity index (χ2v) is 10.9. The van der Waals surface area contributed by atoms with E-state index in [0.29, 0.717) is 24.1 Å². The summed E-state index contributed by atoms with van der Waals surface area (Å²) in [5.74, 6) is 3.20. The third kappa shape index (κ3) is 3.32. The molecule has 0 spiro atoms. The van der Waals surface area contributed by atoms with Gasteiger partial charge in [0.05, 0.1) is 11.1 Å². The summed E-state index contributed by atoms with van der Waals surface area (Å²) >= 11 is 0. The van der Waals surface area contributed by atoms with Crippen molar-refractivity contribution < 1.29 is 9.18 Å². The van der Waals surface area contributed by atoms with Crippen LogP contribution in [-0.2, 0) is 11.2 Å². The highest BCUT2D eigenvalue weighted by molar-refractivity contribution is 5.83. The van der Waals surface area contributed by atoms with Crippen molar-refractivity contribution in [3.05, 3.63) is 46.4 Å². The van der Waals surface area contributed by atoms with Crippen LogP contribution in [0.5, 0.6) is 0 Å². The summed E-state index contributed by atoms with van der Waals surface area (Å²) in [5.41, 5.74) is -0.259. The fourth-order valence-corrected chi connectivity index (χ4v) is 7.65. The number of likely N-dealkylation sites (tertiary alicyclic amines) is 1. The van der Waals surface area contributed by atoms with Crippen LogP contribution in [0.3, 0.4) is 0 Å². The number of hydrogen-bond acceptors (Lipinski definition) is 3. The van der Waals surface area contributed by atoms with Crippen LogP contribution in [-0.4, -0.2) is 38.7 Å². The lowest BCUT2D eigenvalue weighted by Gasteiger charge is -2.57. The fraction of sp³-hybridized carbons (Fsp3) is 0.640. The van der Waals surface area contributed by atoms with E-state index in [2.05, 4.69) is 15.1 Å². The van der Waals surface area contributed by atoms with Crippen molar-refractivity contribution in [3.8, 4) is 5.69 Å². The van der Waals surface area contributed by atoms with Crippen molar-refractivity contribution in [2.24, 2.45) is 29.1 Å². The molecular weight excluding hydrogens is 407 g/mol. The Balaban J connectivity index is 1.13. The number of carbonyl (C=O) groups excluding carboxylic acids is 1. The Bertz CT molecular complexity index is 1050. The van der Waals surface area contributed by atoms with Gasteiger partial charge in [-0.15, -0.1) is 0 Å². The first-order chi connectivity index (χ1) is 15.5. The summed E-state index contributed by atoms with van der Waals surface area (Å²) in [7, 11) is 0. The molecule has 1 saturated heterocycles. The monoisotopic (exact) mass is 438 g/mol. The summed E-state index contributed by atoms with van der Waals surface area (Å²) < 4.78 is 15.6. The van der Waals surface area contributed by atoms with Crippen molar-refractivity contribution >= 4 is 5.91 Å². The number of aromatic amines is 1. The van der Waals surface area contributed by atoms with E-state index in [4.69, 9.17) is 0 Å². The van der Waals surface area contributed by atoms with E-state index in [1.165, 1.54) is 29.9 Å². The first kappa shape index (κ1) is 20.2. The Morgan fingerprint density at radius 3 is 2.31 bits per heavy atom. The zero-order chi connectivity index (χ0) is 21.9. The molecule has 170 valence electrons. The summed E-state index contributed by atoms with van der Waals surface area (Å²) in [5, 5.41) is 6.67. The quantitative estimate of drug-likeness (QED) is 0.791. The van der Waals surface area contributed by atoms with Crippen molar-refractivity contribution in [1.29, 1.82) is 0 Å². The Morgan fingerprint density at radius 1 is 1.06 bits per heavy atom. The molecule has 32 heavy (non-hydrogen) atoms. The van der Waals surface area contributed by atoms with Gasteiger partial charge in [-0.2, -0.15) is 5.10 Å². The molecule has 4 aliphatic carbocycles. The van der Waals surface area contributed by atoms with Gasteiger partial charge in [-0.25, -0.2) is 18.9 Å². The number of benzene rings is 1. The normalized spacial score (nSPS) is 31.9. The van der Waals surface area contributed by atoms with E-state index in [1.54, 1.807) is 18.2 Å². The molecule has 7 rings (SSSR count). The number of halogens is 1. The van der Waals surface area contributed by atoms with Gasteiger partial charge in [0.1, 0.15) is 11.6 Å². The minimum absolute atomic E-state index is 0.0743. The first-order valence-corrected chi connectivity index (χ1v) is 12.2. The van der Waals surface area contributed by atoms with Crippen molar-refractivity contribution in [2.45, 2.75) is 57.8 Å². The van der Waals surface area contributed by atoms with Gasteiger partial charge in [0, 0.05) is 19.5 Å². The third-order valence-electron chi connectivity index (χ3n) is 8.70. The molecule has 1 aromatic carbocycles. The molecule has 5 aliphatic rings. The van der Waals surface area contributed by atoms with Gasteiger partial charge >= 0.3 is 5.69 Å². The Labute approximate surface area is 187 Å². The molecule has 4 bridgehead atoms. The first-order valence-electron chi connectivity index (χ1n) is 12.2. The predicted octanol–water partition coefficient (Wildman–Crippen LogP) is 3.70. The molecule has 5 fully saturated rings. The second-order valence-electron chi connectivity index (χ2n) is 10.9. The molecule has 1 aliphatic heterocycles. The average Bonchev–Trinajstić information content (AvgIpc) is 3.13. The number of carbonyl (C=O) groups is 1. The molecule has 6 nitrogen and oxygen atoms in total. The molecule has 7 heteroatoms. The lowest BCUT2D eigenvalue weighted by molar-refractivity contribution is -0.159. The summed E-state index contributed by atoms with van der Waals surface area (Å²) in [6, 6.07) is 6.28. The van der Waals surface area contributed by atoms with Crippen LogP contribution in [0.15, 0.2) is 29.1 Å². The summed E-state index contributed by atoms with van der Waals surface area (Å²) in [4.78, 5) is 28.0. The number of hydrogen-bond donors (Lipinski definition) is 1. The number of para-hydroxylation sites is 1. The molecule has 1 N–H and O–H groups in total. The van der Waals surface area contributed by atoms with Gasteiger partial charge in [0.25, 0.3) is 0 Å². The number of nitrogens with zero attached hydrogens (tertiary/aromatic N) is 3. The molecule has 0 radical (unpaired) electrons. The molecule has 1 amide bonds. The Morgan fingerprint density at radius 2 is 1.69 bits per heavy atom. The molecular formula is C25H31FN4O2. The minimum Gasteiger partial charge on any atom is -0.342 e. The molecule has 0 unspecified atom stereocenters. The number of piperidine rings is 1. The van der Waals surface area contributed by atoms with Gasteiger partial charge in [0.15, 0.2) is 0 Å². The maximum absolute atomic E-state index is 14.3. The highest BCUT2D eigenvalue weighted by atomic mass is 19.1. The lowest BCUT2D eigenvalue weighted by atomic mass is 9.49. The molecule has 1 aromatic heterocycles. The maximum atomic E-state index is 14.3. The molecule has 0 atom stereocenters. The van der Waals surface area contributed by atoms with Crippen LogP contribution < -0.4 is 5.69 Å². The zero-order valence-electron chi connectivity index (χ0n) is 18.4. The Hall–Kier alpha value is -2.44. The number of nitrogens with one attached hydrogen (secondary N) is 1. The van der Waals surface area contributed by atoms with Crippen LogP contribution in [0.2, 0.25) is 0 Å². The maximum Gasteiger partial charge on any atom is 0.348 e. The van der Waals surface area contributed by atoms with E-state index < -0.39 is 11.5 Å². The molecule has 4 saturated carbocycles. The van der Waals surface area contributed by atoms with Gasteiger partial charge in [-0.05, 0) is 87.2 Å². The van der Waals surface area contributed by atoms with Crippen LogP contribution in [0.25, 0.3) is 5.69 Å². The van der Waals surface area contributed by atoms with Crippen LogP contribution in [0.4, 0.5) is 4.39 Å². The van der Waals surface area contributed by atoms with Gasteiger partial charge in [-0.3, -0.25) is 4.79 Å². The van der Waals surface area contributed by atoms with Crippen LogP contribution in [0.1, 0.15) is 57.2 Å². The zero-order valence-corrected chi connectivity index (χ0v) is 18.4. The second kappa shape index (κ2) is 7.56. The average molecular weight is 439 g/mol. The highest BCUT2D eigenvalue weighted by Gasteiger charge is 2.55. The van der Waals surface area contributed by atoms with Crippen LogP contribution in [0, 0.1) is 34.9 Å². The SMILES string of the molecule is O=C(N1CCC(Cc2n[nH]c(=O)n2-c2ccccc2F)CC1)C12CC3CC(CC(C3)C1)C2. The third-order valence-corrected chi connectivity index (χ3v) is 8.70. The lowest BCUT2D eigenvalue weighted by Crippen LogP contribution is -2.55. The predicted molar refractivity (Wildman–Crippen MR) is 118 cm³/mol. The minimum atomic E-state index is -0.437. The van der Waals surface area contributed by atoms with Crippen molar-refractivity contribution in [3.63, 3.8) is 0 Å². The van der Waals surface area contributed by atoms with E-state index in [0.717, 1.165) is 62.9 Å². The van der Waals surface area contributed by atoms with E-state index in [9.17, 15) is 14.0 Å². The van der Waals surface area contributed by atoms with E-state index in [1.807, 2.05) is 0 Å². The highest BCUT2D eigenvalue weighted by Crippen LogP contribution is 2.60. The van der Waals surface area contributed by atoms with Gasteiger partial charge in [-0.1, -0.05) is 12.1 Å². The van der Waals surface area contributed by atoms with Gasteiger partial charge < -0.3 is 4.90 Å². The smallest absolute Gasteiger partial charge is 0.342 e. The summed E-state index contributed by atoms with van der Waals surface area (Å²) in [6.45, 7) is 1.55. The largest absolute Gasteiger partial charge is 0.348 e. The van der Waals surface area contributed by atoms with Crippen molar-refractivity contribution in [1.82, 2.24) is 19.7 Å². The number of rotatable bonds is 4. The topological polar surface area (TPSA) is 71.0 Å². The molecule has 2 aromatic rings. The number of H-pyrrole nitrogens is 1. The number of amides is 1. The van der Waals surface area contributed by atoms with Crippen LogP contribution >= 0.6 is 0 Å². The Kier molecular flexibility index (Phi) is 4.77. The fourth-order valence-electron chi connectivity index (χ4n) is 7.65. The van der Waals surface area contributed by atoms with Gasteiger partial charge in [0.2, 0.25) is 5.91 Å². The number of aromatic nitrogens is 3. The van der Waals surface area contributed by atoms with Crippen molar-refractivity contribution in [2.75, 3.05) is 13.1 Å². The van der Waals surface area contributed by atoms with E-state index in [-0.39, 0.29) is 11.1 Å².